The molecular formula is C16H22N2O6. The molecule has 1 aromatic carbocycles. The predicted molar refractivity (Wildman–Crippen MR) is 86.4 cm³/mol. The summed E-state index contributed by atoms with van der Waals surface area (Å²) >= 11 is 0. The zero-order valence-corrected chi connectivity index (χ0v) is 13.5. The summed E-state index contributed by atoms with van der Waals surface area (Å²) in [5.74, 6) is -1.63. The maximum Gasteiger partial charge on any atom is 0.329 e. The first-order chi connectivity index (χ1) is 11.2. The van der Waals surface area contributed by atoms with Crippen molar-refractivity contribution in [3.63, 3.8) is 0 Å². The number of hydrogen-bond donors (Lipinski definition) is 4. The molecule has 8 nitrogen and oxygen atoms in total. The molecule has 0 heterocycles. The zero-order chi connectivity index (χ0) is 18.7. The minimum Gasteiger partial charge on any atom is -0.508 e. The Morgan fingerprint density at radius 2 is 1.71 bits per heavy atom. The summed E-state index contributed by atoms with van der Waals surface area (Å²) in [5.41, 5.74) is 5.90. The molecular weight excluding hydrogens is 316 g/mol. The van der Waals surface area contributed by atoms with E-state index in [0.717, 1.165) is 0 Å². The van der Waals surface area contributed by atoms with Crippen LogP contribution in [0.2, 0.25) is 0 Å². The average Bonchev–Trinajstić information content (AvgIpc) is 2.48. The van der Waals surface area contributed by atoms with Crippen LogP contribution in [0.3, 0.4) is 0 Å². The molecule has 0 aromatic heterocycles. The molecule has 0 amide bonds. The highest BCUT2D eigenvalue weighted by molar-refractivity contribution is 5.75. The third kappa shape index (κ3) is 9.34. The first-order valence-electron chi connectivity index (χ1n) is 7.23. The largest absolute Gasteiger partial charge is 0.508 e. The highest BCUT2D eigenvalue weighted by Gasteiger charge is 2.16. The van der Waals surface area contributed by atoms with E-state index in [2.05, 4.69) is 4.99 Å². The molecule has 0 radical (unpaired) electrons. The number of isocyanates is 1. The summed E-state index contributed by atoms with van der Waals surface area (Å²) in [7, 11) is 0. The number of phenolic OH excluding ortho intramolecular Hbond substituents is 1. The molecule has 0 aliphatic rings. The second-order valence-corrected chi connectivity index (χ2v) is 5.52. The van der Waals surface area contributed by atoms with Crippen LogP contribution in [0.1, 0.15) is 25.8 Å². The second-order valence-electron chi connectivity index (χ2n) is 5.52. The third-order valence-corrected chi connectivity index (χ3v) is 2.90. The predicted octanol–water partition coefficient (Wildman–Crippen LogP) is 1.17. The SMILES string of the molecule is CC(C)CC(N)C(=O)O.O=C=NC(Cc1ccc(O)cc1)C(=O)O. The smallest absolute Gasteiger partial charge is 0.329 e. The van der Waals surface area contributed by atoms with E-state index in [1.165, 1.54) is 18.2 Å². The maximum absolute atomic E-state index is 10.6. The molecule has 5 N–H and O–H groups in total. The van der Waals surface area contributed by atoms with E-state index in [1.54, 1.807) is 12.1 Å². The summed E-state index contributed by atoms with van der Waals surface area (Å²) in [5, 5.41) is 26.0. The van der Waals surface area contributed by atoms with Gasteiger partial charge in [-0.25, -0.2) is 9.59 Å². The highest BCUT2D eigenvalue weighted by atomic mass is 16.4. The minimum absolute atomic E-state index is 0.101. The van der Waals surface area contributed by atoms with Gasteiger partial charge in [-0.3, -0.25) is 4.79 Å². The number of aliphatic imine (C=N–C) groups is 1. The van der Waals surface area contributed by atoms with Gasteiger partial charge in [-0.15, -0.1) is 0 Å². The monoisotopic (exact) mass is 338 g/mol. The standard InChI is InChI=1S/C10H9NO4.C6H13NO2/c12-6-11-9(10(14)15)5-7-1-3-8(13)4-2-7;1-4(2)3-5(7)6(8)9/h1-4,9,13H,5H2,(H,14,15);4-5H,3,7H2,1-2H3,(H,8,9). The van der Waals surface area contributed by atoms with Gasteiger partial charge in [0.25, 0.3) is 0 Å². The molecule has 8 heteroatoms. The van der Waals surface area contributed by atoms with Gasteiger partial charge in [-0.05, 0) is 30.0 Å². The van der Waals surface area contributed by atoms with Crippen molar-refractivity contribution in [3.05, 3.63) is 29.8 Å². The number of carbonyl (C=O) groups is 2. The van der Waals surface area contributed by atoms with Crippen molar-refractivity contribution < 1.29 is 29.7 Å². The molecule has 0 spiro atoms. The molecule has 0 saturated carbocycles. The molecule has 0 saturated heterocycles. The molecule has 0 aliphatic heterocycles. The van der Waals surface area contributed by atoms with Gasteiger partial charge in [-0.1, -0.05) is 26.0 Å². The Morgan fingerprint density at radius 3 is 2.04 bits per heavy atom. The van der Waals surface area contributed by atoms with Crippen LogP contribution >= 0.6 is 0 Å². The average molecular weight is 338 g/mol. The van der Waals surface area contributed by atoms with Crippen LogP contribution in [0, 0.1) is 5.92 Å². The zero-order valence-electron chi connectivity index (χ0n) is 13.5. The molecule has 2 atom stereocenters. The number of hydrogen-bond acceptors (Lipinski definition) is 6. The summed E-state index contributed by atoms with van der Waals surface area (Å²) in [6, 6.07) is 4.23. The fourth-order valence-electron chi connectivity index (χ4n) is 1.72. The lowest BCUT2D eigenvalue weighted by Crippen LogP contribution is -2.31. The summed E-state index contributed by atoms with van der Waals surface area (Å²) in [6.45, 7) is 3.89. The molecule has 1 rings (SSSR count). The number of carbonyl (C=O) groups excluding carboxylic acids is 1. The van der Waals surface area contributed by atoms with Crippen LogP contribution in [-0.4, -0.2) is 45.4 Å². The summed E-state index contributed by atoms with van der Waals surface area (Å²) in [6.07, 6.45) is 1.88. The van der Waals surface area contributed by atoms with Crippen LogP contribution in [0.15, 0.2) is 29.3 Å². The number of phenols is 1. The third-order valence-electron chi connectivity index (χ3n) is 2.90. The Morgan fingerprint density at radius 1 is 1.17 bits per heavy atom. The molecule has 0 fully saturated rings. The highest BCUT2D eigenvalue weighted by Crippen LogP contribution is 2.12. The molecule has 132 valence electrons. The van der Waals surface area contributed by atoms with E-state index in [4.69, 9.17) is 21.1 Å². The number of aliphatic carboxylic acids is 2. The molecule has 1 aromatic rings. The van der Waals surface area contributed by atoms with Crippen molar-refractivity contribution >= 4 is 18.0 Å². The van der Waals surface area contributed by atoms with E-state index in [-0.39, 0.29) is 12.2 Å². The van der Waals surface area contributed by atoms with Crippen molar-refractivity contribution in [2.75, 3.05) is 0 Å². The Labute approximate surface area is 139 Å². The fraction of sp³-hybridized carbons (Fsp3) is 0.438. The van der Waals surface area contributed by atoms with Gasteiger partial charge in [0.1, 0.15) is 11.8 Å². The van der Waals surface area contributed by atoms with Gasteiger partial charge < -0.3 is 21.1 Å². The molecule has 0 bridgehead atoms. The number of nitrogens with zero attached hydrogens (tertiary/aromatic N) is 1. The maximum atomic E-state index is 10.6. The molecule has 0 aliphatic carbocycles. The number of carboxylic acid groups (broad SMARTS) is 2. The number of nitrogens with two attached hydrogens (primary N) is 1. The Bertz CT molecular complexity index is 577. The van der Waals surface area contributed by atoms with Crippen molar-refractivity contribution in [2.45, 2.75) is 38.8 Å². The normalized spacial score (nSPS) is 12.3. The van der Waals surface area contributed by atoms with Crippen LogP contribution in [0.25, 0.3) is 0 Å². The van der Waals surface area contributed by atoms with E-state index >= 15 is 0 Å². The minimum atomic E-state index is -1.17. The Balaban J connectivity index is 0.000000506. The Hall–Kier alpha value is -2.70. The van der Waals surface area contributed by atoms with Crippen molar-refractivity contribution in [1.82, 2.24) is 0 Å². The van der Waals surface area contributed by atoms with Gasteiger partial charge in [0.15, 0.2) is 6.04 Å². The second kappa shape index (κ2) is 10.9. The lowest BCUT2D eigenvalue weighted by Gasteiger charge is -2.07. The van der Waals surface area contributed by atoms with E-state index < -0.39 is 24.0 Å². The van der Waals surface area contributed by atoms with E-state index in [1.807, 2.05) is 13.8 Å². The first kappa shape index (κ1) is 21.3. The first-order valence-corrected chi connectivity index (χ1v) is 7.23. The van der Waals surface area contributed by atoms with Crippen LogP contribution in [0.5, 0.6) is 5.75 Å². The van der Waals surface area contributed by atoms with Gasteiger partial charge in [-0.2, -0.15) is 4.99 Å². The number of benzene rings is 1. The molecule has 2 unspecified atom stereocenters. The van der Waals surface area contributed by atoms with Gasteiger partial charge in [0, 0.05) is 6.42 Å². The topological polar surface area (TPSA) is 150 Å². The van der Waals surface area contributed by atoms with Gasteiger partial charge >= 0.3 is 11.9 Å². The summed E-state index contributed by atoms with van der Waals surface area (Å²) < 4.78 is 0. The lowest BCUT2D eigenvalue weighted by atomic mass is 10.1. The van der Waals surface area contributed by atoms with Crippen molar-refractivity contribution in [3.8, 4) is 5.75 Å². The van der Waals surface area contributed by atoms with Crippen molar-refractivity contribution in [1.29, 1.82) is 0 Å². The lowest BCUT2D eigenvalue weighted by molar-refractivity contribution is -0.139. The molecule has 24 heavy (non-hydrogen) atoms. The van der Waals surface area contributed by atoms with Gasteiger partial charge in [0.05, 0.1) is 0 Å². The van der Waals surface area contributed by atoms with E-state index in [9.17, 15) is 14.4 Å². The van der Waals surface area contributed by atoms with Crippen molar-refractivity contribution in [2.24, 2.45) is 16.6 Å². The fourth-order valence-corrected chi connectivity index (χ4v) is 1.72. The summed E-state index contributed by atoms with van der Waals surface area (Å²) in [4.78, 5) is 33.9. The quantitative estimate of drug-likeness (QED) is 0.430. The van der Waals surface area contributed by atoms with Crippen LogP contribution in [0.4, 0.5) is 0 Å². The number of carboxylic acids is 2. The van der Waals surface area contributed by atoms with E-state index in [0.29, 0.717) is 17.9 Å². The van der Waals surface area contributed by atoms with Gasteiger partial charge in [0.2, 0.25) is 6.08 Å². The number of aromatic hydroxyl groups is 1. The van der Waals surface area contributed by atoms with Crippen LogP contribution < -0.4 is 5.73 Å². The Kier molecular flexibility index (Phi) is 9.70. The van der Waals surface area contributed by atoms with Crippen LogP contribution in [-0.2, 0) is 20.8 Å². The number of rotatable bonds is 7.